The summed E-state index contributed by atoms with van der Waals surface area (Å²) in [7, 11) is 1.63. The molecule has 6 heteroatoms. The van der Waals surface area contributed by atoms with E-state index in [0.29, 0.717) is 24.2 Å². The van der Waals surface area contributed by atoms with Crippen molar-refractivity contribution in [2.24, 2.45) is 0 Å². The Bertz CT molecular complexity index is 692. The van der Waals surface area contributed by atoms with Crippen LogP contribution in [0.4, 0.5) is 10.5 Å². The van der Waals surface area contributed by atoms with Gasteiger partial charge in [0.05, 0.1) is 0 Å². The molecule has 0 spiro atoms. The van der Waals surface area contributed by atoms with Gasteiger partial charge in [0.1, 0.15) is 0 Å². The van der Waals surface area contributed by atoms with Crippen LogP contribution < -0.4 is 5.32 Å². The van der Waals surface area contributed by atoms with Crippen LogP contribution in [0.1, 0.15) is 51.5 Å². The molecule has 0 aliphatic carbocycles. The first kappa shape index (κ1) is 17.7. The summed E-state index contributed by atoms with van der Waals surface area (Å²) in [6.07, 6.45) is 3.72. The summed E-state index contributed by atoms with van der Waals surface area (Å²) in [4.78, 5) is 29.1. The summed E-state index contributed by atoms with van der Waals surface area (Å²) in [6.45, 7) is 4.50. The predicted molar refractivity (Wildman–Crippen MR) is 96.0 cm³/mol. The number of hydrogen-bond acceptors (Lipinski definition) is 3. The number of hydrogen-bond donors (Lipinski definition) is 2. The lowest BCUT2D eigenvalue weighted by Gasteiger charge is -2.48. The Kier molecular flexibility index (Phi) is 4.49. The van der Waals surface area contributed by atoms with Gasteiger partial charge in [-0.1, -0.05) is 51.3 Å². The molecule has 1 aromatic carbocycles. The van der Waals surface area contributed by atoms with Crippen LogP contribution in [0, 0.1) is 0 Å². The van der Waals surface area contributed by atoms with Crippen molar-refractivity contribution >= 4 is 17.6 Å². The topological polar surface area (TPSA) is 72.9 Å². The number of aliphatic hydroxyl groups is 1. The zero-order valence-corrected chi connectivity index (χ0v) is 15.2. The van der Waals surface area contributed by atoms with Crippen LogP contribution in [-0.2, 0) is 10.5 Å². The fraction of sp³-hybridized carbons (Fsp3) is 0.579. The van der Waals surface area contributed by atoms with Crippen LogP contribution in [0.2, 0.25) is 0 Å². The first-order valence-electron chi connectivity index (χ1n) is 9.13. The molecule has 0 saturated carbocycles. The number of unbranched alkanes of at least 4 members (excludes halogenated alkanes) is 2. The van der Waals surface area contributed by atoms with Gasteiger partial charge in [-0.05, 0) is 18.9 Å². The molecule has 2 heterocycles. The Morgan fingerprint density at radius 3 is 2.48 bits per heavy atom. The van der Waals surface area contributed by atoms with E-state index >= 15 is 0 Å². The minimum absolute atomic E-state index is 0.293. The molecular formula is C19H27N3O3. The van der Waals surface area contributed by atoms with Gasteiger partial charge in [0, 0.05) is 24.8 Å². The van der Waals surface area contributed by atoms with Gasteiger partial charge in [0.25, 0.3) is 5.91 Å². The van der Waals surface area contributed by atoms with Crippen LogP contribution in [0.25, 0.3) is 0 Å². The number of para-hydroxylation sites is 1. The molecule has 2 aliphatic heterocycles. The highest BCUT2D eigenvalue weighted by Crippen LogP contribution is 2.53. The summed E-state index contributed by atoms with van der Waals surface area (Å²) in [5, 5.41) is 14.9. The number of fused-ring (bicyclic) bond motifs is 3. The molecule has 0 unspecified atom stereocenters. The molecule has 1 saturated heterocycles. The van der Waals surface area contributed by atoms with Crippen molar-refractivity contribution in [1.82, 2.24) is 9.80 Å². The molecular weight excluding hydrogens is 318 g/mol. The average molecular weight is 345 g/mol. The average Bonchev–Trinajstić information content (AvgIpc) is 2.77. The molecule has 0 bridgehead atoms. The maximum atomic E-state index is 13.2. The minimum Gasteiger partial charge on any atom is -0.364 e. The molecule has 0 radical (unpaired) electrons. The van der Waals surface area contributed by atoms with Gasteiger partial charge in [0.15, 0.2) is 5.54 Å². The minimum atomic E-state index is -1.65. The largest absolute Gasteiger partial charge is 0.364 e. The summed E-state index contributed by atoms with van der Waals surface area (Å²) in [6, 6.07) is 6.94. The van der Waals surface area contributed by atoms with Gasteiger partial charge < -0.3 is 15.3 Å². The van der Waals surface area contributed by atoms with Crippen LogP contribution in [0.3, 0.4) is 0 Å². The lowest BCUT2D eigenvalue weighted by Crippen LogP contribution is -2.67. The molecule has 6 nitrogen and oxygen atoms in total. The third kappa shape index (κ3) is 2.20. The number of anilines is 1. The molecule has 2 atom stereocenters. The van der Waals surface area contributed by atoms with Crippen LogP contribution in [0.15, 0.2) is 24.3 Å². The Labute approximate surface area is 148 Å². The van der Waals surface area contributed by atoms with Crippen molar-refractivity contribution in [3.8, 4) is 0 Å². The number of nitrogens with one attached hydrogen (secondary N) is 1. The molecule has 1 aromatic rings. The van der Waals surface area contributed by atoms with Crippen molar-refractivity contribution in [3.05, 3.63) is 29.8 Å². The molecule has 25 heavy (non-hydrogen) atoms. The van der Waals surface area contributed by atoms with Crippen LogP contribution in [-0.4, -0.2) is 46.0 Å². The second kappa shape index (κ2) is 6.33. The number of amides is 3. The van der Waals surface area contributed by atoms with Crippen molar-refractivity contribution in [3.63, 3.8) is 0 Å². The summed E-state index contributed by atoms with van der Waals surface area (Å²) >= 11 is 0. The van der Waals surface area contributed by atoms with E-state index in [0.717, 1.165) is 25.7 Å². The molecule has 136 valence electrons. The third-order valence-electron chi connectivity index (χ3n) is 5.61. The van der Waals surface area contributed by atoms with Gasteiger partial charge in [-0.3, -0.25) is 9.69 Å². The van der Waals surface area contributed by atoms with Gasteiger partial charge in [0.2, 0.25) is 5.72 Å². The zero-order chi connectivity index (χ0) is 18.2. The van der Waals surface area contributed by atoms with E-state index in [2.05, 4.69) is 5.32 Å². The number of urea groups is 1. The highest BCUT2D eigenvalue weighted by molar-refractivity contribution is 6.07. The number of rotatable bonds is 6. The molecule has 3 rings (SSSR count). The van der Waals surface area contributed by atoms with E-state index in [-0.39, 0.29) is 11.9 Å². The molecule has 0 aromatic heterocycles. The van der Waals surface area contributed by atoms with Crippen molar-refractivity contribution < 1.29 is 14.7 Å². The lowest BCUT2D eigenvalue weighted by molar-refractivity contribution is -0.164. The summed E-state index contributed by atoms with van der Waals surface area (Å²) in [5.41, 5.74) is -1.78. The van der Waals surface area contributed by atoms with Gasteiger partial charge in [-0.25, -0.2) is 4.79 Å². The Morgan fingerprint density at radius 1 is 1.12 bits per heavy atom. The normalized spacial score (nSPS) is 28.0. The smallest absolute Gasteiger partial charge is 0.323 e. The summed E-state index contributed by atoms with van der Waals surface area (Å²) < 4.78 is 0. The number of nitrogens with zero attached hydrogens (tertiary/aromatic N) is 2. The van der Waals surface area contributed by atoms with Crippen LogP contribution >= 0.6 is 0 Å². The Morgan fingerprint density at radius 2 is 1.80 bits per heavy atom. The van der Waals surface area contributed by atoms with E-state index in [4.69, 9.17) is 0 Å². The maximum Gasteiger partial charge on any atom is 0.323 e. The second-order valence-corrected chi connectivity index (χ2v) is 6.98. The first-order valence-corrected chi connectivity index (χ1v) is 9.13. The van der Waals surface area contributed by atoms with E-state index in [1.807, 2.05) is 26.0 Å². The van der Waals surface area contributed by atoms with Crippen LogP contribution in [0.5, 0.6) is 0 Å². The van der Waals surface area contributed by atoms with E-state index < -0.39 is 11.3 Å². The lowest BCUT2D eigenvalue weighted by atomic mass is 9.73. The second-order valence-electron chi connectivity index (χ2n) is 6.98. The summed E-state index contributed by atoms with van der Waals surface area (Å²) in [5.74, 6) is -0.308. The first-order chi connectivity index (χ1) is 11.9. The zero-order valence-electron chi connectivity index (χ0n) is 15.2. The van der Waals surface area contributed by atoms with E-state index in [9.17, 15) is 14.7 Å². The maximum absolute atomic E-state index is 13.2. The Balaban J connectivity index is 2.23. The van der Waals surface area contributed by atoms with Crippen molar-refractivity contribution in [1.29, 1.82) is 0 Å². The molecule has 1 fully saturated rings. The molecule has 2 N–H and O–H groups in total. The van der Waals surface area contributed by atoms with E-state index in [1.165, 1.54) is 9.80 Å². The quantitative estimate of drug-likeness (QED) is 0.833. The number of likely N-dealkylation sites (N-methyl/N-ethyl adjacent to an activating group) is 1. The van der Waals surface area contributed by atoms with Gasteiger partial charge in [-0.2, -0.15) is 0 Å². The standard InChI is InChI=1S/C19H27N3O3/c1-4-6-12-18-16(23)20-15-11-9-8-10-14(15)19(18,25)22(13-7-5-2)17(24)21(18)3/h8-11,25H,4-7,12-13H2,1-3H3,(H,20,23)/t18-,19-/m1/s1. The third-order valence-corrected chi connectivity index (χ3v) is 5.61. The number of benzene rings is 1. The fourth-order valence-corrected chi connectivity index (χ4v) is 4.20. The Hall–Kier alpha value is -2.08. The van der Waals surface area contributed by atoms with Gasteiger partial charge in [-0.15, -0.1) is 0 Å². The molecule has 2 aliphatic rings. The van der Waals surface area contributed by atoms with E-state index in [1.54, 1.807) is 19.2 Å². The SMILES string of the molecule is CCCCN1C(=O)N(C)[C@]2(CCCC)C(=O)Nc3ccccc3[C@]12O. The monoisotopic (exact) mass is 345 g/mol. The highest BCUT2D eigenvalue weighted by atomic mass is 16.3. The number of carbonyl (C=O) groups excluding carboxylic acids is 2. The predicted octanol–water partition coefficient (Wildman–Crippen LogP) is 2.88. The van der Waals surface area contributed by atoms with Crippen molar-refractivity contribution in [2.45, 2.75) is 57.2 Å². The fourth-order valence-electron chi connectivity index (χ4n) is 4.20. The highest BCUT2D eigenvalue weighted by Gasteiger charge is 2.71. The number of carbonyl (C=O) groups is 2. The molecule has 3 amide bonds. The van der Waals surface area contributed by atoms with Crippen molar-refractivity contribution in [2.75, 3.05) is 18.9 Å². The van der Waals surface area contributed by atoms with Gasteiger partial charge >= 0.3 is 6.03 Å².